The van der Waals surface area contributed by atoms with E-state index in [1.54, 1.807) is 18.2 Å². The molecule has 0 saturated carbocycles. The molecule has 0 spiro atoms. The summed E-state index contributed by atoms with van der Waals surface area (Å²) in [6.07, 6.45) is 1.36. The fourth-order valence-corrected chi connectivity index (χ4v) is 3.27. The smallest absolute Gasteiger partial charge is 0.275 e. The van der Waals surface area contributed by atoms with Crippen LogP contribution in [-0.4, -0.2) is 10.9 Å². The minimum Gasteiger partial charge on any atom is -0.464 e. The third-order valence-corrected chi connectivity index (χ3v) is 4.69. The average molecular weight is 328 g/mol. The Morgan fingerprint density at radius 3 is 2.83 bits per heavy atom. The molecule has 1 aromatic carbocycles. The van der Waals surface area contributed by atoms with Gasteiger partial charge in [-0.1, -0.05) is 13.8 Å². The van der Waals surface area contributed by atoms with E-state index in [2.05, 4.69) is 10.3 Å². The summed E-state index contributed by atoms with van der Waals surface area (Å²) in [6.45, 7) is 5.95. The van der Waals surface area contributed by atoms with Gasteiger partial charge in [0.25, 0.3) is 5.91 Å². The molecule has 0 atom stereocenters. The highest BCUT2D eigenvalue weighted by atomic mass is 32.1. The van der Waals surface area contributed by atoms with Crippen molar-refractivity contribution in [3.8, 4) is 0 Å². The zero-order chi connectivity index (χ0) is 16.6. The number of aromatic nitrogens is 1. The lowest BCUT2D eigenvalue weighted by Crippen LogP contribution is -2.15. The Bertz CT molecular complexity index is 940. The van der Waals surface area contributed by atoms with Crippen molar-refractivity contribution >= 4 is 33.9 Å². The Labute approximate surface area is 137 Å². The molecule has 3 aromatic rings. The number of amides is 1. The van der Waals surface area contributed by atoms with Gasteiger partial charge in [-0.2, -0.15) is 0 Å². The summed E-state index contributed by atoms with van der Waals surface area (Å²) in [7, 11) is 0. The lowest BCUT2D eigenvalue weighted by molar-refractivity contribution is 0.102. The minimum atomic E-state index is -0.266. The highest BCUT2D eigenvalue weighted by Gasteiger charge is 2.19. The SMILES string of the molecule is Cc1nc(C(=O)Nc2ccc3occc(=O)c3c2)c(C(C)C)s1. The molecule has 2 heterocycles. The number of thiazole rings is 1. The molecule has 2 aromatic heterocycles. The Hall–Kier alpha value is -2.47. The third-order valence-electron chi connectivity index (χ3n) is 3.42. The van der Waals surface area contributed by atoms with E-state index in [9.17, 15) is 9.59 Å². The number of anilines is 1. The first-order valence-corrected chi connectivity index (χ1v) is 8.07. The molecule has 0 unspecified atom stereocenters. The molecule has 0 bridgehead atoms. The van der Waals surface area contributed by atoms with Gasteiger partial charge in [0.15, 0.2) is 5.43 Å². The van der Waals surface area contributed by atoms with Gasteiger partial charge in [-0.05, 0) is 31.0 Å². The number of benzene rings is 1. The summed E-state index contributed by atoms with van der Waals surface area (Å²) < 4.78 is 5.27. The topological polar surface area (TPSA) is 72.2 Å². The zero-order valence-electron chi connectivity index (χ0n) is 13.0. The van der Waals surface area contributed by atoms with Gasteiger partial charge < -0.3 is 9.73 Å². The van der Waals surface area contributed by atoms with Crippen LogP contribution in [0.5, 0.6) is 0 Å². The Balaban J connectivity index is 1.94. The van der Waals surface area contributed by atoms with Crippen molar-refractivity contribution in [3.05, 3.63) is 56.3 Å². The summed E-state index contributed by atoms with van der Waals surface area (Å²) in [4.78, 5) is 29.6. The monoisotopic (exact) mass is 328 g/mol. The van der Waals surface area contributed by atoms with E-state index in [4.69, 9.17) is 4.42 Å². The second-order valence-corrected chi connectivity index (χ2v) is 6.79. The van der Waals surface area contributed by atoms with E-state index in [0.717, 1.165) is 9.88 Å². The van der Waals surface area contributed by atoms with Crippen LogP contribution >= 0.6 is 11.3 Å². The molecule has 0 aliphatic heterocycles. The first kappa shape index (κ1) is 15.4. The maximum atomic E-state index is 12.5. The van der Waals surface area contributed by atoms with Gasteiger partial charge in [-0.25, -0.2) is 4.98 Å². The molecule has 5 nitrogen and oxygen atoms in total. The van der Waals surface area contributed by atoms with Crippen molar-refractivity contribution in [2.24, 2.45) is 0 Å². The largest absolute Gasteiger partial charge is 0.464 e. The van der Waals surface area contributed by atoms with Gasteiger partial charge in [0.2, 0.25) is 0 Å². The maximum Gasteiger partial charge on any atom is 0.275 e. The molecule has 118 valence electrons. The van der Waals surface area contributed by atoms with Gasteiger partial charge in [0, 0.05) is 16.6 Å². The summed E-state index contributed by atoms with van der Waals surface area (Å²) in [5, 5.41) is 4.10. The first-order chi connectivity index (χ1) is 11.0. The first-order valence-electron chi connectivity index (χ1n) is 7.26. The average Bonchev–Trinajstić information content (AvgIpc) is 2.90. The summed E-state index contributed by atoms with van der Waals surface area (Å²) >= 11 is 1.53. The molecule has 1 amide bonds. The van der Waals surface area contributed by atoms with Crippen LogP contribution in [0.4, 0.5) is 5.69 Å². The number of hydrogen-bond acceptors (Lipinski definition) is 5. The van der Waals surface area contributed by atoms with E-state index >= 15 is 0 Å². The molecular weight excluding hydrogens is 312 g/mol. The van der Waals surface area contributed by atoms with Crippen LogP contribution in [-0.2, 0) is 0 Å². The number of fused-ring (bicyclic) bond motifs is 1. The number of carbonyl (C=O) groups is 1. The van der Waals surface area contributed by atoms with Gasteiger partial charge >= 0.3 is 0 Å². The molecule has 0 saturated heterocycles. The minimum absolute atomic E-state index is 0.144. The number of carbonyl (C=O) groups excluding carboxylic acids is 1. The molecular formula is C17H16N2O3S. The molecule has 0 fully saturated rings. The molecule has 3 rings (SSSR count). The van der Waals surface area contributed by atoms with Gasteiger partial charge in [0.1, 0.15) is 11.3 Å². The normalized spacial score (nSPS) is 11.1. The van der Waals surface area contributed by atoms with Crippen LogP contribution in [0.2, 0.25) is 0 Å². The maximum absolute atomic E-state index is 12.5. The van der Waals surface area contributed by atoms with E-state index in [-0.39, 0.29) is 17.3 Å². The van der Waals surface area contributed by atoms with Crippen molar-refractivity contribution in [2.45, 2.75) is 26.7 Å². The standard InChI is InChI=1S/C17H16N2O3S/c1-9(2)16-15(18-10(3)23-16)17(21)19-11-4-5-14-12(8-11)13(20)6-7-22-14/h4-9H,1-3H3,(H,19,21). The fraction of sp³-hybridized carbons (Fsp3) is 0.235. The highest BCUT2D eigenvalue weighted by molar-refractivity contribution is 7.12. The zero-order valence-corrected chi connectivity index (χ0v) is 13.9. The fourth-order valence-electron chi connectivity index (χ4n) is 2.35. The number of nitrogens with zero attached hydrogens (tertiary/aromatic N) is 1. The second kappa shape index (κ2) is 5.96. The summed E-state index contributed by atoms with van der Waals surface area (Å²) in [5.41, 5.74) is 1.33. The van der Waals surface area contributed by atoms with E-state index in [1.165, 1.54) is 23.7 Å². The van der Waals surface area contributed by atoms with Gasteiger partial charge in [-0.3, -0.25) is 9.59 Å². The van der Waals surface area contributed by atoms with Crippen LogP contribution in [0.1, 0.15) is 40.1 Å². The van der Waals surface area contributed by atoms with Crippen molar-refractivity contribution < 1.29 is 9.21 Å². The third kappa shape index (κ3) is 3.03. The van der Waals surface area contributed by atoms with E-state index < -0.39 is 0 Å². The van der Waals surface area contributed by atoms with Crippen LogP contribution in [0.25, 0.3) is 11.0 Å². The lowest BCUT2D eigenvalue weighted by atomic mass is 10.1. The number of nitrogens with one attached hydrogen (secondary N) is 1. The van der Waals surface area contributed by atoms with Crippen LogP contribution in [0.15, 0.2) is 39.7 Å². The molecule has 23 heavy (non-hydrogen) atoms. The molecule has 1 N–H and O–H groups in total. The number of rotatable bonds is 3. The van der Waals surface area contributed by atoms with Crippen LogP contribution < -0.4 is 10.7 Å². The molecule has 0 radical (unpaired) electrons. The Kier molecular flexibility index (Phi) is 4.00. The number of aryl methyl sites for hydroxylation is 1. The lowest BCUT2D eigenvalue weighted by Gasteiger charge is -2.07. The highest BCUT2D eigenvalue weighted by Crippen LogP contribution is 2.27. The predicted octanol–water partition coefficient (Wildman–Crippen LogP) is 3.93. The summed E-state index contributed by atoms with van der Waals surface area (Å²) in [6, 6.07) is 6.35. The van der Waals surface area contributed by atoms with Crippen molar-refractivity contribution in [3.63, 3.8) is 0 Å². The van der Waals surface area contributed by atoms with Crippen molar-refractivity contribution in [2.75, 3.05) is 5.32 Å². The Morgan fingerprint density at radius 2 is 2.09 bits per heavy atom. The summed E-state index contributed by atoms with van der Waals surface area (Å²) in [5.74, 6) is -0.0386. The predicted molar refractivity (Wildman–Crippen MR) is 91.4 cm³/mol. The quantitative estimate of drug-likeness (QED) is 0.790. The van der Waals surface area contributed by atoms with E-state index in [0.29, 0.717) is 22.4 Å². The van der Waals surface area contributed by atoms with Crippen LogP contribution in [0.3, 0.4) is 0 Å². The molecule has 0 aliphatic rings. The number of hydrogen-bond donors (Lipinski definition) is 1. The van der Waals surface area contributed by atoms with Crippen molar-refractivity contribution in [1.82, 2.24) is 4.98 Å². The van der Waals surface area contributed by atoms with Gasteiger partial charge in [-0.15, -0.1) is 11.3 Å². The van der Waals surface area contributed by atoms with Crippen LogP contribution in [0, 0.1) is 6.92 Å². The Morgan fingerprint density at radius 1 is 1.30 bits per heavy atom. The van der Waals surface area contributed by atoms with E-state index in [1.807, 2.05) is 20.8 Å². The van der Waals surface area contributed by atoms with Crippen molar-refractivity contribution in [1.29, 1.82) is 0 Å². The second-order valence-electron chi connectivity index (χ2n) is 5.55. The molecule has 0 aliphatic carbocycles. The van der Waals surface area contributed by atoms with Gasteiger partial charge in [0.05, 0.1) is 16.7 Å². The molecule has 6 heteroatoms.